The highest BCUT2D eigenvalue weighted by Crippen LogP contribution is 2.19. The van der Waals surface area contributed by atoms with Gasteiger partial charge in [0.25, 0.3) is 5.91 Å². The van der Waals surface area contributed by atoms with E-state index in [4.69, 9.17) is 5.73 Å². The number of nitrogens with zero attached hydrogens (tertiary/aromatic N) is 1. The number of amides is 1. The third kappa shape index (κ3) is 4.74. The molecule has 2 aromatic carbocycles. The van der Waals surface area contributed by atoms with Gasteiger partial charge in [0.15, 0.2) is 0 Å². The van der Waals surface area contributed by atoms with Gasteiger partial charge in [-0.1, -0.05) is 36.4 Å². The number of sulfonamides is 1. The summed E-state index contributed by atoms with van der Waals surface area (Å²) in [5.74, 6) is -0.182. The monoisotopic (exact) mass is 387 g/mol. The van der Waals surface area contributed by atoms with Gasteiger partial charge in [0.2, 0.25) is 10.0 Å². The third-order valence-electron chi connectivity index (χ3n) is 4.77. The van der Waals surface area contributed by atoms with Crippen LogP contribution in [0.25, 0.3) is 0 Å². The van der Waals surface area contributed by atoms with Crippen LogP contribution in [0.2, 0.25) is 0 Å². The summed E-state index contributed by atoms with van der Waals surface area (Å²) in [7, 11) is -3.75. The zero-order chi connectivity index (χ0) is 19.4. The van der Waals surface area contributed by atoms with E-state index in [9.17, 15) is 13.2 Å². The number of rotatable bonds is 5. The molecule has 3 rings (SSSR count). The van der Waals surface area contributed by atoms with Crippen molar-refractivity contribution in [1.29, 1.82) is 0 Å². The van der Waals surface area contributed by atoms with E-state index in [0.717, 1.165) is 18.4 Å². The molecule has 27 heavy (non-hydrogen) atoms. The molecule has 2 atom stereocenters. The second-order valence-electron chi connectivity index (χ2n) is 6.93. The predicted molar refractivity (Wildman–Crippen MR) is 105 cm³/mol. The lowest BCUT2D eigenvalue weighted by molar-refractivity contribution is 0.0708. The van der Waals surface area contributed by atoms with E-state index in [1.54, 1.807) is 24.0 Å². The maximum atomic E-state index is 12.8. The Bertz CT molecular complexity index is 900. The van der Waals surface area contributed by atoms with E-state index in [2.05, 4.69) is 4.72 Å². The highest BCUT2D eigenvalue weighted by atomic mass is 32.2. The van der Waals surface area contributed by atoms with Gasteiger partial charge in [-0.25, -0.2) is 13.1 Å². The van der Waals surface area contributed by atoms with Crippen molar-refractivity contribution >= 4 is 15.9 Å². The molecular formula is C20H25N3O3S. The summed E-state index contributed by atoms with van der Waals surface area (Å²) in [6.45, 7) is 2.93. The van der Waals surface area contributed by atoms with Crippen molar-refractivity contribution in [3.63, 3.8) is 0 Å². The fourth-order valence-corrected chi connectivity index (χ4v) is 4.56. The first-order chi connectivity index (χ1) is 12.9. The molecule has 3 N–H and O–H groups in total. The van der Waals surface area contributed by atoms with Crippen LogP contribution in [0.15, 0.2) is 59.5 Å². The largest absolute Gasteiger partial charge is 0.337 e. The minimum Gasteiger partial charge on any atom is -0.337 e. The van der Waals surface area contributed by atoms with Gasteiger partial charge in [-0.2, -0.15) is 0 Å². The molecule has 0 bridgehead atoms. The molecule has 1 amide bonds. The van der Waals surface area contributed by atoms with Gasteiger partial charge >= 0.3 is 0 Å². The van der Waals surface area contributed by atoms with E-state index in [1.165, 1.54) is 12.1 Å². The molecule has 0 aliphatic carbocycles. The average Bonchev–Trinajstić information content (AvgIpc) is 2.68. The van der Waals surface area contributed by atoms with Gasteiger partial charge in [-0.3, -0.25) is 4.79 Å². The summed E-state index contributed by atoms with van der Waals surface area (Å²) in [5, 5.41) is 0. The van der Waals surface area contributed by atoms with Crippen LogP contribution < -0.4 is 10.5 Å². The van der Waals surface area contributed by atoms with Crippen LogP contribution >= 0.6 is 0 Å². The van der Waals surface area contributed by atoms with Crippen LogP contribution in [0.3, 0.4) is 0 Å². The van der Waals surface area contributed by atoms with Crippen molar-refractivity contribution in [2.45, 2.75) is 36.7 Å². The Morgan fingerprint density at radius 2 is 1.93 bits per heavy atom. The Balaban J connectivity index is 1.78. The second kappa shape index (κ2) is 8.21. The SMILES string of the molecule is CC(NS(=O)(=O)c1cccc(C(=O)N2CCCC(N)C2)c1)c1ccccc1. The number of nitrogens with two attached hydrogens (primary N) is 1. The lowest BCUT2D eigenvalue weighted by Gasteiger charge is -2.30. The van der Waals surface area contributed by atoms with Crippen molar-refractivity contribution in [2.24, 2.45) is 5.73 Å². The fourth-order valence-electron chi connectivity index (χ4n) is 3.28. The van der Waals surface area contributed by atoms with E-state index in [0.29, 0.717) is 18.7 Å². The number of piperidine rings is 1. The molecule has 1 heterocycles. The first-order valence-corrected chi connectivity index (χ1v) is 10.6. The lowest BCUT2D eigenvalue weighted by Crippen LogP contribution is -2.45. The molecule has 6 nitrogen and oxygen atoms in total. The van der Waals surface area contributed by atoms with Crippen LogP contribution in [0.5, 0.6) is 0 Å². The van der Waals surface area contributed by atoms with Crippen LogP contribution in [0, 0.1) is 0 Å². The minimum atomic E-state index is -3.75. The number of hydrogen-bond acceptors (Lipinski definition) is 4. The van der Waals surface area contributed by atoms with E-state index >= 15 is 0 Å². The van der Waals surface area contributed by atoms with Gasteiger partial charge in [0.05, 0.1) is 4.90 Å². The maximum Gasteiger partial charge on any atom is 0.253 e. The Morgan fingerprint density at radius 3 is 2.63 bits per heavy atom. The maximum absolute atomic E-state index is 12.8. The molecule has 1 saturated heterocycles. The smallest absolute Gasteiger partial charge is 0.253 e. The molecule has 1 fully saturated rings. The minimum absolute atomic E-state index is 0.0250. The van der Waals surface area contributed by atoms with E-state index < -0.39 is 10.0 Å². The summed E-state index contributed by atoms with van der Waals surface area (Å²) in [5.41, 5.74) is 7.18. The highest BCUT2D eigenvalue weighted by molar-refractivity contribution is 7.89. The standard InChI is InChI=1S/C20H25N3O3S/c1-15(16-7-3-2-4-8-16)22-27(25,26)19-11-5-9-17(13-19)20(24)23-12-6-10-18(21)14-23/h2-5,7-9,11,13,15,18,22H,6,10,12,14,21H2,1H3. The Kier molecular flexibility index (Phi) is 5.94. The quantitative estimate of drug-likeness (QED) is 0.823. The van der Waals surface area contributed by atoms with E-state index in [-0.39, 0.29) is 22.9 Å². The van der Waals surface area contributed by atoms with Gasteiger partial charge in [-0.15, -0.1) is 0 Å². The predicted octanol–water partition coefficient (Wildman–Crippen LogP) is 2.29. The normalized spacial score (nSPS) is 18.9. The first kappa shape index (κ1) is 19.5. The van der Waals surface area contributed by atoms with E-state index in [1.807, 2.05) is 30.3 Å². The third-order valence-corrected chi connectivity index (χ3v) is 6.31. The van der Waals surface area contributed by atoms with Gasteiger partial charge in [0.1, 0.15) is 0 Å². The molecule has 144 valence electrons. The zero-order valence-electron chi connectivity index (χ0n) is 15.3. The molecule has 1 aliphatic rings. The molecule has 7 heteroatoms. The lowest BCUT2D eigenvalue weighted by atomic mass is 10.1. The molecule has 0 radical (unpaired) electrons. The number of carbonyl (C=O) groups excluding carboxylic acids is 1. The van der Waals surface area contributed by atoms with Gasteiger partial charge in [-0.05, 0) is 43.5 Å². The van der Waals surface area contributed by atoms with Crippen molar-refractivity contribution in [2.75, 3.05) is 13.1 Å². The summed E-state index contributed by atoms with van der Waals surface area (Å²) in [6, 6.07) is 15.1. The highest BCUT2D eigenvalue weighted by Gasteiger charge is 2.24. The number of carbonyl (C=O) groups is 1. The van der Waals surface area contributed by atoms with Crippen molar-refractivity contribution < 1.29 is 13.2 Å². The molecule has 0 aromatic heterocycles. The molecule has 0 spiro atoms. The summed E-state index contributed by atoms with van der Waals surface area (Å²) in [4.78, 5) is 14.5. The number of likely N-dealkylation sites (tertiary alicyclic amines) is 1. The van der Waals surface area contributed by atoms with Crippen LogP contribution in [-0.2, 0) is 10.0 Å². The zero-order valence-corrected chi connectivity index (χ0v) is 16.2. The topological polar surface area (TPSA) is 92.5 Å². The molecule has 2 unspecified atom stereocenters. The first-order valence-electron chi connectivity index (χ1n) is 9.09. The Labute approximate surface area is 160 Å². The van der Waals surface area contributed by atoms with Crippen molar-refractivity contribution in [3.05, 3.63) is 65.7 Å². The number of benzene rings is 2. The molecule has 2 aromatic rings. The van der Waals surface area contributed by atoms with Gasteiger partial charge in [0, 0.05) is 30.7 Å². The molecule has 1 aliphatic heterocycles. The number of hydrogen-bond donors (Lipinski definition) is 2. The van der Waals surface area contributed by atoms with Crippen molar-refractivity contribution in [3.8, 4) is 0 Å². The van der Waals surface area contributed by atoms with Crippen LogP contribution in [0.1, 0.15) is 41.7 Å². The second-order valence-corrected chi connectivity index (χ2v) is 8.65. The number of nitrogens with one attached hydrogen (secondary N) is 1. The van der Waals surface area contributed by atoms with Gasteiger partial charge < -0.3 is 10.6 Å². The summed E-state index contributed by atoms with van der Waals surface area (Å²) >= 11 is 0. The molecular weight excluding hydrogens is 362 g/mol. The van der Waals surface area contributed by atoms with Crippen LogP contribution in [-0.4, -0.2) is 38.4 Å². The average molecular weight is 388 g/mol. The Hall–Kier alpha value is -2.22. The van der Waals surface area contributed by atoms with Crippen LogP contribution in [0.4, 0.5) is 0 Å². The Morgan fingerprint density at radius 1 is 1.19 bits per heavy atom. The fraction of sp³-hybridized carbons (Fsp3) is 0.350. The summed E-state index contributed by atoms with van der Waals surface area (Å²) < 4.78 is 28.2. The molecule has 0 saturated carbocycles. The van der Waals surface area contributed by atoms with Crippen molar-refractivity contribution in [1.82, 2.24) is 9.62 Å². The summed E-state index contributed by atoms with van der Waals surface area (Å²) in [6.07, 6.45) is 1.76.